The van der Waals surface area contributed by atoms with Gasteiger partial charge >= 0.3 is 0 Å². The maximum atomic E-state index is 11.5. The molecule has 1 aromatic carbocycles. The average molecular weight is 440 g/mol. The van der Waals surface area contributed by atoms with Crippen molar-refractivity contribution >= 4 is 40.0 Å². The Kier molecular flexibility index (Phi) is 9.61. The Bertz CT molecular complexity index is 569. The molecule has 0 radical (unpaired) electrons. The van der Waals surface area contributed by atoms with Crippen molar-refractivity contribution in [1.29, 1.82) is 0 Å². The fourth-order valence-corrected chi connectivity index (χ4v) is 2.63. The summed E-state index contributed by atoms with van der Waals surface area (Å²) in [6.07, 6.45) is 0. The van der Waals surface area contributed by atoms with E-state index in [4.69, 9.17) is 5.73 Å². The summed E-state index contributed by atoms with van der Waals surface area (Å²) < 4.78 is 25.2. The van der Waals surface area contributed by atoms with Crippen molar-refractivity contribution < 1.29 is 8.42 Å². The first-order valence-electron chi connectivity index (χ1n) is 6.95. The number of halogens is 1. The minimum atomic E-state index is -3.23. The van der Waals surface area contributed by atoms with Gasteiger partial charge in [-0.3, -0.25) is 0 Å². The monoisotopic (exact) mass is 440 g/mol. The minimum absolute atomic E-state index is 0. The number of aliphatic imine (C=N–C) groups is 1. The summed E-state index contributed by atoms with van der Waals surface area (Å²) in [5.41, 5.74) is 7.65. The van der Waals surface area contributed by atoms with E-state index in [0.29, 0.717) is 12.5 Å². The summed E-state index contributed by atoms with van der Waals surface area (Å²) in [7, 11) is -1.82. The van der Waals surface area contributed by atoms with E-state index < -0.39 is 10.0 Å². The van der Waals surface area contributed by atoms with Crippen LogP contribution >= 0.6 is 24.0 Å². The molecule has 0 aromatic heterocycles. The summed E-state index contributed by atoms with van der Waals surface area (Å²) in [5, 5.41) is 0. The number of guanidine groups is 1. The van der Waals surface area contributed by atoms with Crippen molar-refractivity contribution in [3.8, 4) is 0 Å². The van der Waals surface area contributed by atoms with Crippen LogP contribution in [-0.4, -0.2) is 39.4 Å². The van der Waals surface area contributed by atoms with Gasteiger partial charge in [0.1, 0.15) is 0 Å². The molecule has 1 aromatic rings. The van der Waals surface area contributed by atoms with Crippen LogP contribution in [0, 0.1) is 0 Å². The zero-order valence-electron chi connectivity index (χ0n) is 13.2. The molecule has 1 rings (SSSR count). The molecule has 0 atom stereocenters. The standard InChI is InChI=1S/C14H24N4O2S.HI/c1-4-18(5-2)14(15)17-10-12-6-8-13(9-7-12)11-21(19,20)16-3;/h6-9,16H,4-5,10-11H2,1-3H3,(H2,15,17);1H. The van der Waals surface area contributed by atoms with Crippen molar-refractivity contribution in [2.24, 2.45) is 10.7 Å². The first-order chi connectivity index (χ1) is 9.91. The van der Waals surface area contributed by atoms with Gasteiger partial charge in [0.05, 0.1) is 12.3 Å². The summed E-state index contributed by atoms with van der Waals surface area (Å²) in [5.74, 6) is 0.510. The SMILES string of the molecule is CCN(CC)C(N)=NCc1ccc(CS(=O)(=O)NC)cc1.I. The van der Waals surface area contributed by atoms with Gasteiger partial charge in [-0.05, 0) is 32.0 Å². The largest absolute Gasteiger partial charge is 0.370 e. The topological polar surface area (TPSA) is 87.8 Å². The lowest BCUT2D eigenvalue weighted by Gasteiger charge is -2.19. The number of nitrogens with one attached hydrogen (secondary N) is 1. The number of sulfonamides is 1. The molecule has 0 unspecified atom stereocenters. The van der Waals surface area contributed by atoms with Crippen molar-refractivity contribution in [3.63, 3.8) is 0 Å². The lowest BCUT2D eigenvalue weighted by Crippen LogP contribution is -2.37. The maximum absolute atomic E-state index is 11.5. The molecule has 126 valence electrons. The van der Waals surface area contributed by atoms with Crippen LogP contribution in [0.5, 0.6) is 0 Å². The molecular weight excluding hydrogens is 415 g/mol. The third-order valence-corrected chi connectivity index (χ3v) is 4.54. The fraction of sp³-hybridized carbons (Fsp3) is 0.500. The number of nitrogens with zero attached hydrogens (tertiary/aromatic N) is 2. The van der Waals surface area contributed by atoms with E-state index in [1.165, 1.54) is 7.05 Å². The highest BCUT2D eigenvalue weighted by Crippen LogP contribution is 2.08. The molecule has 8 heteroatoms. The number of nitrogens with two attached hydrogens (primary N) is 1. The number of hydrogen-bond acceptors (Lipinski definition) is 3. The van der Waals surface area contributed by atoms with Crippen LogP contribution in [0.15, 0.2) is 29.3 Å². The van der Waals surface area contributed by atoms with Crippen LogP contribution in [0.1, 0.15) is 25.0 Å². The fourth-order valence-electron chi connectivity index (χ4n) is 1.85. The summed E-state index contributed by atoms with van der Waals surface area (Å²) in [6, 6.07) is 7.35. The van der Waals surface area contributed by atoms with E-state index in [0.717, 1.165) is 24.2 Å². The van der Waals surface area contributed by atoms with Crippen LogP contribution < -0.4 is 10.5 Å². The van der Waals surface area contributed by atoms with Gasteiger partial charge in [0.25, 0.3) is 0 Å². The van der Waals surface area contributed by atoms with E-state index in [2.05, 4.69) is 9.71 Å². The Balaban J connectivity index is 0.00000441. The van der Waals surface area contributed by atoms with Gasteiger partial charge in [-0.25, -0.2) is 18.1 Å². The summed E-state index contributed by atoms with van der Waals surface area (Å²) >= 11 is 0. The highest BCUT2D eigenvalue weighted by molar-refractivity contribution is 14.0. The molecule has 0 bridgehead atoms. The molecule has 0 aliphatic heterocycles. The first-order valence-corrected chi connectivity index (χ1v) is 8.61. The number of benzene rings is 1. The van der Waals surface area contributed by atoms with Crippen molar-refractivity contribution in [2.45, 2.75) is 26.1 Å². The van der Waals surface area contributed by atoms with Crippen LogP contribution in [0.4, 0.5) is 0 Å². The van der Waals surface area contributed by atoms with E-state index in [-0.39, 0.29) is 29.7 Å². The highest BCUT2D eigenvalue weighted by Gasteiger charge is 2.08. The van der Waals surface area contributed by atoms with E-state index in [1.54, 1.807) is 12.1 Å². The van der Waals surface area contributed by atoms with Gasteiger partial charge in [-0.2, -0.15) is 0 Å². The van der Waals surface area contributed by atoms with Gasteiger partial charge in [0.15, 0.2) is 5.96 Å². The Morgan fingerprint density at radius 3 is 2.14 bits per heavy atom. The normalized spacial score (nSPS) is 11.9. The van der Waals surface area contributed by atoms with Gasteiger partial charge in [0.2, 0.25) is 10.0 Å². The molecule has 0 aliphatic carbocycles. The summed E-state index contributed by atoms with van der Waals surface area (Å²) in [6.45, 7) is 6.20. The molecule has 22 heavy (non-hydrogen) atoms. The molecule has 6 nitrogen and oxygen atoms in total. The second kappa shape index (κ2) is 10.0. The first kappa shape index (κ1) is 21.1. The van der Waals surface area contributed by atoms with Gasteiger partial charge in [-0.15, -0.1) is 24.0 Å². The van der Waals surface area contributed by atoms with Crippen molar-refractivity contribution in [2.75, 3.05) is 20.1 Å². The van der Waals surface area contributed by atoms with E-state index >= 15 is 0 Å². The van der Waals surface area contributed by atoms with Gasteiger partial charge in [0, 0.05) is 13.1 Å². The van der Waals surface area contributed by atoms with Crippen LogP contribution in [0.3, 0.4) is 0 Å². The van der Waals surface area contributed by atoms with E-state index in [1.807, 2.05) is 30.9 Å². The molecule has 0 saturated heterocycles. The number of rotatable bonds is 7. The lowest BCUT2D eigenvalue weighted by molar-refractivity contribution is 0.458. The van der Waals surface area contributed by atoms with E-state index in [9.17, 15) is 8.42 Å². The van der Waals surface area contributed by atoms with Crippen LogP contribution in [0.25, 0.3) is 0 Å². The third-order valence-electron chi connectivity index (χ3n) is 3.20. The Morgan fingerprint density at radius 2 is 1.68 bits per heavy atom. The molecule has 0 aliphatic rings. The van der Waals surface area contributed by atoms with Crippen LogP contribution in [0.2, 0.25) is 0 Å². The molecule has 3 N–H and O–H groups in total. The Morgan fingerprint density at radius 1 is 1.18 bits per heavy atom. The predicted molar refractivity (Wildman–Crippen MR) is 102 cm³/mol. The Labute approximate surface area is 150 Å². The minimum Gasteiger partial charge on any atom is -0.370 e. The van der Waals surface area contributed by atoms with Crippen molar-refractivity contribution in [3.05, 3.63) is 35.4 Å². The molecule has 0 fully saturated rings. The maximum Gasteiger partial charge on any atom is 0.215 e. The molecular formula is C14H25IN4O2S. The molecule has 0 heterocycles. The molecule has 0 saturated carbocycles. The quantitative estimate of drug-likeness (QED) is 0.382. The van der Waals surface area contributed by atoms with Crippen molar-refractivity contribution in [1.82, 2.24) is 9.62 Å². The second-order valence-electron chi connectivity index (χ2n) is 4.63. The summed E-state index contributed by atoms with van der Waals surface area (Å²) in [4.78, 5) is 6.33. The second-order valence-corrected chi connectivity index (χ2v) is 6.55. The van der Waals surface area contributed by atoms with Gasteiger partial charge in [-0.1, -0.05) is 24.3 Å². The Hall–Kier alpha value is -0.870. The predicted octanol–water partition coefficient (Wildman–Crippen LogP) is 1.51. The highest BCUT2D eigenvalue weighted by atomic mass is 127. The van der Waals surface area contributed by atoms with Gasteiger partial charge < -0.3 is 10.6 Å². The average Bonchev–Trinajstić information content (AvgIpc) is 2.47. The zero-order valence-corrected chi connectivity index (χ0v) is 16.4. The number of hydrogen-bond donors (Lipinski definition) is 2. The third kappa shape index (κ3) is 6.93. The van der Waals surface area contributed by atoms with Crippen LogP contribution in [-0.2, 0) is 22.3 Å². The molecule has 0 amide bonds. The lowest BCUT2D eigenvalue weighted by atomic mass is 10.1. The zero-order chi connectivity index (χ0) is 15.9. The smallest absolute Gasteiger partial charge is 0.215 e. The molecule has 0 spiro atoms.